The second kappa shape index (κ2) is 9.38. The minimum absolute atomic E-state index is 0.141. The standard InChI is InChI=1S/C25H19BrO7/c1-29-18-9-15(10-19(12-18)30-2)25(28)32-17-5-6-20-22(13-17)33-23(24(20)27)11-14-8-16(26)4-7-21(14)31-3/h4-13H,1-3H3/b23-11-. The number of esters is 1. The average molecular weight is 511 g/mol. The first-order chi connectivity index (χ1) is 15.9. The Morgan fingerprint density at radius 1 is 0.879 bits per heavy atom. The first-order valence-corrected chi connectivity index (χ1v) is 10.6. The van der Waals surface area contributed by atoms with E-state index in [1.54, 1.807) is 43.5 Å². The van der Waals surface area contributed by atoms with Gasteiger partial charge in [0.1, 0.15) is 28.7 Å². The highest BCUT2D eigenvalue weighted by atomic mass is 79.9. The molecule has 1 heterocycles. The van der Waals surface area contributed by atoms with Gasteiger partial charge in [0, 0.05) is 22.2 Å². The van der Waals surface area contributed by atoms with Crippen LogP contribution in [-0.4, -0.2) is 33.1 Å². The third-order valence-corrected chi connectivity index (χ3v) is 5.41. The van der Waals surface area contributed by atoms with Gasteiger partial charge in [0.25, 0.3) is 0 Å². The summed E-state index contributed by atoms with van der Waals surface area (Å²) in [6.07, 6.45) is 1.61. The molecule has 0 aliphatic carbocycles. The van der Waals surface area contributed by atoms with Gasteiger partial charge >= 0.3 is 5.97 Å². The number of hydrogen-bond donors (Lipinski definition) is 0. The van der Waals surface area contributed by atoms with E-state index in [9.17, 15) is 9.59 Å². The zero-order valence-electron chi connectivity index (χ0n) is 18.0. The molecule has 8 heteroatoms. The molecule has 4 rings (SSSR count). The van der Waals surface area contributed by atoms with Crippen LogP contribution in [0.15, 0.2) is 64.8 Å². The van der Waals surface area contributed by atoms with Crippen LogP contribution in [0.1, 0.15) is 26.3 Å². The Morgan fingerprint density at radius 3 is 2.27 bits per heavy atom. The fourth-order valence-corrected chi connectivity index (χ4v) is 3.66. The molecule has 168 valence electrons. The molecule has 1 aliphatic heterocycles. The Hall–Kier alpha value is -3.78. The Morgan fingerprint density at radius 2 is 1.61 bits per heavy atom. The molecule has 3 aromatic carbocycles. The molecular formula is C25H19BrO7. The van der Waals surface area contributed by atoms with Crippen LogP contribution < -0.4 is 23.7 Å². The number of hydrogen-bond acceptors (Lipinski definition) is 7. The summed E-state index contributed by atoms with van der Waals surface area (Å²) in [6, 6.07) is 14.8. The van der Waals surface area contributed by atoms with E-state index in [-0.39, 0.29) is 22.9 Å². The summed E-state index contributed by atoms with van der Waals surface area (Å²) in [4.78, 5) is 25.5. The van der Waals surface area contributed by atoms with Crippen LogP contribution in [-0.2, 0) is 0 Å². The Balaban J connectivity index is 1.58. The van der Waals surface area contributed by atoms with E-state index in [1.165, 1.54) is 26.4 Å². The number of halogens is 1. The highest BCUT2D eigenvalue weighted by Crippen LogP contribution is 2.36. The van der Waals surface area contributed by atoms with Gasteiger partial charge in [-0.15, -0.1) is 0 Å². The molecule has 0 spiro atoms. The van der Waals surface area contributed by atoms with Gasteiger partial charge in [0.2, 0.25) is 5.78 Å². The van der Waals surface area contributed by atoms with Crippen LogP contribution in [0.2, 0.25) is 0 Å². The zero-order valence-corrected chi connectivity index (χ0v) is 19.6. The van der Waals surface area contributed by atoms with Crippen molar-refractivity contribution in [2.24, 2.45) is 0 Å². The van der Waals surface area contributed by atoms with E-state index in [4.69, 9.17) is 23.7 Å². The van der Waals surface area contributed by atoms with Crippen molar-refractivity contribution in [3.05, 3.63) is 81.5 Å². The molecule has 0 saturated heterocycles. The van der Waals surface area contributed by atoms with E-state index in [2.05, 4.69) is 15.9 Å². The van der Waals surface area contributed by atoms with Gasteiger partial charge < -0.3 is 23.7 Å². The first-order valence-electron chi connectivity index (χ1n) is 9.79. The maximum absolute atomic E-state index is 12.8. The molecule has 0 radical (unpaired) electrons. The predicted molar refractivity (Wildman–Crippen MR) is 125 cm³/mol. The summed E-state index contributed by atoms with van der Waals surface area (Å²) in [6.45, 7) is 0. The number of carbonyl (C=O) groups is 2. The Bertz CT molecular complexity index is 1260. The SMILES string of the molecule is COc1cc(OC)cc(C(=O)Oc2ccc3c(c2)O/C(=C\c2cc(Br)ccc2OC)C3=O)c1. The second-order valence-electron chi connectivity index (χ2n) is 6.97. The number of fused-ring (bicyclic) bond motifs is 1. The number of allylic oxidation sites excluding steroid dienone is 1. The third kappa shape index (κ3) is 4.70. The number of carbonyl (C=O) groups excluding carboxylic acids is 2. The monoisotopic (exact) mass is 510 g/mol. The van der Waals surface area contributed by atoms with E-state index in [0.29, 0.717) is 34.1 Å². The Labute approximate surface area is 198 Å². The van der Waals surface area contributed by atoms with Crippen molar-refractivity contribution < 1.29 is 33.3 Å². The topological polar surface area (TPSA) is 80.3 Å². The highest BCUT2D eigenvalue weighted by Gasteiger charge is 2.28. The average Bonchev–Trinajstić information content (AvgIpc) is 3.13. The fourth-order valence-electron chi connectivity index (χ4n) is 3.28. The molecule has 0 amide bonds. The number of rotatable bonds is 6. The number of Topliss-reactive ketones (excluding diaryl/α,β-unsaturated/α-hetero) is 1. The van der Waals surface area contributed by atoms with Crippen LogP contribution in [0, 0.1) is 0 Å². The molecule has 0 saturated carbocycles. The molecule has 0 atom stereocenters. The first kappa shape index (κ1) is 22.4. The lowest BCUT2D eigenvalue weighted by Crippen LogP contribution is -2.09. The van der Waals surface area contributed by atoms with E-state index < -0.39 is 5.97 Å². The van der Waals surface area contributed by atoms with E-state index in [0.717, 1.165) is 4.47 Å². The fraction of sp³-hybridized carbons (Fsp3) is 0.120. The van der Waals surface area contributed by atoms with Crippen molar-refractivity contribution >= 4 is 33.8 Å². The molecule has 7 nitrogen and oxygen atoms in total. The maximum atomic E-state index is 12.8. The summed E-state index contributed by atoms with van der Waals surface area (Å²) in [5.74, 6) is 1.31. The summed E-state index contributed by atoms with van der Waals surface area (Å²) in [5, 5.41) is 0. The zero-order chi connectivity index (χ0) is 23.5. The van der Waals surface area contributed by atoms with Crippen molar-refractivity contribution in [2.45, 2.75) is 0 Å². The molecule has 0 fully saturated rings. The Kier molecular flexibility index (Phi) is 6.37. The van der Waals surface area contributed by atoms with Gasteiger partial charge in [0.15, 0.2) is 5.76 Å². The lowest BCUT2D eigenvalue weighted by Gasteiger charge is -2.09. The molecule has 0 N–H and O–H groups in total. The number of ketones is 1. The van der Waals surface area contributed by atoms with Gasteiger partial charge in [-0.1, -0.05) is 15.9 Å². The number of methoxy groups -OCH3 is 3. The molecule has 33 heavy (non-hydrogen) atoms. The minimum atomic E-state index is -0.605. The van der Waals surface area contributed by atoms with Crippen molar-refractivity contribution in [3.8, 4) is 28.7 Å². The third-order valence-electron chi connectivity index (χ3n) is 4.92. The summed E-state index contributed by atoms with van der Waals surface area (Å²) in [5.41, 5.74) is 1.31. The van der Waals surface area contributed by atoms with Crippen molar-refractivity contribution in [1.29, 1.82) is 0 Å². The van der Waals surface area contributed by atoms with Gasteiger partial charge in [0.05, 0.1) is 32.5 Å². The normalized spacial score (nSPS) is 13.3. The van der Waals surface area contributed by atoms with Crippen LogP contribution >= 0.6 is 15.9 Å². The van der Waals surface area contributed by atoms with Gasteiger partial charge in [-0.2, -0.15) is 0 Å². The van der Waals surface area contributed by atoms with Gasteiger partial charge in [-0.05, 0) is 48.5 Å². The van der Waals surface area contributed by atoms with Crippen molar-refractivity contribution in [3.63, 3.8) is 0 Å². The van der Waals surface area contributed by atoms with Crippen molar-refractivity contribution in [2.75, 3.05) is 21.3 Å². The molecule has 0 aromatic heterocycles. The van der Waals surface area contributed by atoms with Crippen LogP contribution in [0.3, 0.4) is 0 Å². The van der Waals surface area contributed by atoms with Gasteiger partial charge in [-0.25, -0.2) is 4.79 Å². The molecule has 1 aliphatic rings. The summed E-state index contributed by atoms with van der Waals surface area (Å²) in [7, 11) is 4.54. The van der Waals surface area contributed by atoms with E-state index in [1.807, 2.05) is 12.1 Å². The lowest BCUT2D eigenvalue weighted by atomic mass is 10.1. The second-order valence-corrected chi connectivity index (χ2v) is 7.89. The molecule has 0 bridgehead atoms. The van der Waals surface area contributed by atoms with Gasteiger partial charge in [-0.3, -0.25) is 4.79 Å². The summed E-state index contributed by atoms with van der Waals surface area (Å²) < 4.78 is 27.8. The smallest absolute Gasteiger partial charge is 0.343 e. The van der Waals surface area contributed by atoms with Crippen LogP contribution in [0.5, 0.6) is 28.7 Å². The largest absolute Gasteiger partial charge is 0.497 e. The lowest BCUT2D eigenvalue weighted by molar-refractivity contribution is 0.0733. The van der Waals surface area contributed by atoms with Crippen molar-refractivity contribution in [1.82, 2.24) is 0 Å². The van der Waals surface area contributed by atoms with E-state index >= 15 is 0 Å². The maximum Gasteiger partial charge on any atom is 0.343 e. The quantitative estimate of drug-likeness (QED) is 0.252. The number of benzene rings is 3. The summed E-state index contributed by atoms with van der Waals surface area (Å²) >= 11 is 3.41. The van der Waals surface area contributed by atoms with Crippen LogP contribution in [0.25, 0.3) is 6.08 Å². The predicted octanol–water partition coefficient (Wildman–Crippen LogP) is 5.31. The molecule has 3 aromatic rings. The van der Waals surface area contributed by atoms with Crippen LogP contribution in [0.4, 0.5) is 0 Å². The highest BCUT2D eigenvalue weighted by molar-refractivity contribution is 9.10. The minimum Gasteiger partial charge on any atom is -0.497 e. The molecule has 0 unspecified atom stereocenters. The molecular weight excluding hydrogens is 492 g/mol. The number of ether oxygens (including phenoxy) is 5.